The van der Waals surface area contributed by atoms with Crippen LogP contribution in [0.3, 0.4) is 0 Å². The summed E-state index contributed by atoms with van der Waals surface area (Å²) in [6.45, 7) is 12.4. The molecule has 7 nitrogen and oxygen atoms in total. The van der Waals surface area contributed by atoms with E-state index in [1.807, 2.05) is 0 Å². The van der Waals surface area contributed by atoms with Gasteiger partial charge in [0.1, 0.15) is 11.2 Å². The van der Waals surface area contributed by atoms with Crippen molar-refractivity contribution in [1.82, 2.24) is 20.4 Å². The Morgan fingerprint density at radius 1 is 0.765 bits per heavy atom. The molecule has 1 N–H and O–H groups in total. The SMILES string of the molecule is CCN(CC)c1ccc(C2(c3ccc(N(CC)CC)cc3)NN(C)C(=O)c3nccnc32)cc1. The molecule has 0 bridgehead atoms. The molecule has 0 fully saturated rings. The zero-order valence-electron chi connectivity index (χ0n) is 20.7. The molecule has 0 radical (unpaired) electrons. The molecule has 0 spiro atoms. The first-order valence-electron chi connectivity index (χ1n) is 12.1. The number of amides is 1. The van der Waals surface area contributed by atoms with Gasteiger partial charge in [-0.3, -0.25) is 14.8 Å². The van der Waals surface area contributed by atoms with Crippen LogP contribution in [0, 0.1) is 0 Å². The average Bonchev–Trinajstić information content (AvgIpc) is 2.89. The van der Waals surface area contributed by atoms with Gasteiger partial charge in [-0.2, -0.15) is 0 Å². The number of hydrazine groups is 1. The maximum Gasteiger partial charge on any atom is 0.288 e. The molecule has 7 heteroatoms. The lowest BCUT2D eigenvalue weighted by Crippen LogP contribution is -2.59. The van der Waals surface area contributed by atoms with Crippen molar-refractivity contribution < 1.29 is 4.79 Å². The fourth-order valence-corrected chi connectivity index (χ4v) is 4.87. The zero-order chi connectivity index (χ0) is 24.3. The standard InChI is InChI=1S/C27H34N6O/c1-6-32(7-2)22-14-10-20(11-15-22)27(21-12-16-23(17-13-21)33(8-3)9-4)25-24(28-18-19-29-25)26(34)31(5)30-27/h10-19,30H,6-9H2,1-5H3. The summed E-state index contributed by atoms with van der Waals surface area (Å²) in [6.07, 6.45) is 3.23. The van der Waals surface area contributed by atoms with E-state index >= 15 is 0 Å². The van der Waals surface area contributed by atoms with Gasteiger partial charge in [-0.05, 0) is 63.1 Å². The molecule has 0 saturated heterocycles. The monoisotopic (exact) mass is 458 g/mol. The Balaban J connectivity index is 1.92. The fraction of sp³-hybridized carbons (Fsp3) is 0.370. The van der Waals surface area contributed by atoms with Crippen LogP contribution in [0.1, 0.15) is 55.0 Å². The van der Waals surface area contributed by atoms with Gasteiger partial charge in [-0.1, -0.05) is 24.3 Å². The van der Waals surface area contributed by atoms with Crippen molar-refractivity contribution in [2.75, 3.05) is 43.0 Å². The predicted molar refractivity (Wildman–Crippen MR) is 137 cm³/mol. The second-order valence-corrected chi connectivity index (χ2v) is 8.42. The first kappa shape index (κ1) is 23.7. The third-order valence-corrected chi connectivity index (χ3v) is 6.75. The summed E-state index contributed by atoms with van der Waals surface area (Å²) in [6, 6.07) is 17.1. The number of fused-ring (bicyclic) bond motifs is 1. The highest BCUT2D eigenvalue weighted by Crippen LogP contribution is 2.40. The van der Waals surface area contributed by atoms with E-state index in [9.17, 15) is 4.79 Å². The Hall–Kier alpha value is -3.45. The molecule has 0 unspecified atom stereocenters. The summed E-state index contributed by atoms with van der Waals surface area (Å²) in [7, 11) is 1.74. The minimum Gasteiger partial charge on any atom is -0.372 e. The van der Waals surface area contributed by atoms with Gasteiger partial charge in [0.2, 0.25) is 0 Å². The Bertz CT molecular complexity index is 1070. The van der Waals surface area contributed by atoms with Crippen molar-refractivity contribution in [2.24, 2.45) is 0 Å². The van der Waals surface area contributed by atoms with Crippen LogP contribution < -0.4 is 15.2 Å². The molecule has 0 saturated carbocycles. The van der Waals surface area contributed by atoms with Crippen LogP contribution in [0.2, 0.25) is 0 Å². The number of rotatable bonds is 8. The Morgan fingerprint density at radius 2 is 1.21 bits per heavy atom. The molecule has 1 amide bonds. The normalized spacial score (nSPS) is 14.6. The minimum atomic E-state index is -0.851. The smallest absolute Gasteiger partial charge is 0.288 e. The maximum absolute atomic E-state index is 13.0. The van der Waals surface area contributed by atoms with Gasteiger partial charge in [0, 0.05) is 57.0 Å². The number of hydrogen-bond acceptors (Lipinski definition) is 6. The summed E-state index contributed by atoms with van der Waals surface area (Å²) < 4.78 is 0. The molecule has 2 heterocycles. The van der Waals surface area contributed by atoms with E-state index in [0.29, 0.717) is 11.4 Å². The lowest BCUT2D eigenvalue weighted by atomic mass is 9.78. The number of carbonyl (C=O) groups is 1. The second kappa shape index (κ2) is 9.81. The van der Waals surface area contributed by atoms with Gasteiger partial charge in [0.05, 0.1) is 0 Å². The molecule has 1 aliphatic rings. The van der Waals surface area contributed by atoms with Crippen molar-refractivity contribution in [1.29, 1.82) is 0 Å². The maximum atomic E-state index is 13.0. The number of carbonyl (C=O) groups excluding carboxylic acids is 1. The van der Waals surface area contributed by atoms with Crippen molar-refractivity contribution in [3.8, 4) is 0 Å². The number of hydrogen-bond donors (Lipinski definition) is 1. The fourth-order valence-electron chi connectivity index (χ4n) is 4.87. The Labute approximate surface area is 202 Å². The first-order valence-corrected chi connectivity index (χ1v) is 12.1. The molecule has 178 valence electrons. The van der Waals surface area contributed by atoms with E-state index in [2.05, 4.69) is 96.4 Å². The molecular formula is C27H34N6O. The van der Waals surface area contributed by atoms with Crippen molar-refractivity contribution in [3.63, 3.8) is 0 Å². The van der Waals surface area contributed by atoms with Crippen LogP contribution in [0.15, 0.2) is 60.9 Å². The van der Waals surface area contributed by atoms with Gasteiger partial charge in [0.15, 0.2) is 5.69 Å². The number of nitrogens with zero attached hydrogens (tertiary/aromatic N) is 5. The van der Waals surface area contributed by atoms with Crippen LogP contribution in [0.5, 0.6) is 0 Å². The number of nitrogens with one attached hydrogen (secondary N) is 1. The molecule has 0 atom stereocenters. The number of aromatic nitrogens is 2. The molecule has 1 aliphatic heterocycles. The van der Waals surface area contributed by atoms with Crippen LogP contribution in [-0.4, -0.2) is 54.1 Å². The van der Waals surface area contributed by atoms with Crippen LogP contribution >= 0.6 is 0 Å². The summed E-state index contributed by atoms with van der Waals surface area (Å²) >= 11 is 0. The highest BCUT2D eigenvalue weighted by Gasteiger charge is 2.47. The predicted octanol–water partition coefficient (Wildman–Crippen LogP) is 4.05. The van der Waals surface area contributed by atoms with Gasteiger partial charge >= 0.3 is 0 Å². The van der Waals surface area contributed by atoms with Crippen LogP contribution in [-0.2, 0) is 5.54 Å². The lowest BCUT2D eigenvalue weighted by Gasteiger charge is -2.43. The summed E-state index contributed by atoms with van der Waals surface area (Å²) in [5.41, 5.74) is 7.94. The topological polar surface area (TPSA) is 64.6 Å². The average molecular weight is 459 g/mol. The molecule has 2 aromatic carbocycles. The van der Waals surface area contributed by atoms with Crippen LogP contribution in [0.4, 0.5) is 11.4 Å². The van der Waals surface area contributed by atoms with E-state index in [4.69, 9.17) is 4.98 Å². The van der Waals surface area contributed by atoms with Crippen LogP contribution in [0.25, 0.3) is 0 Å². The molecule has 0 aliphatic carbocycles. The molecule has 4 rings (SSSR count). The summed E-state index contributed by atoms with van der Waals surface area (Å²) in [5, 5.41) is 1.52. The number of anilines is 2. The minimum absolute atomic E-state index is 0.196. The first-order chi connectivity index (χ1) is 16.5. The third kappa shape index (κ3) is 3.90. The molecular weight excluding hydrogens is 424 g/mol. The van der Waals surface area contributed by atoms with Gasteiger partial charge in [0.25, 0.3) is 5.91 Å². The number of benzene rings is 2. The largest absolute Gasteiger partial charge is 0.372 e. The Morgan fingerprint density at radius 3 is 1.65 bits per heavy atom. The van der Waals surface area contributed by atoms with E-state index in [-0.39, 0.29) is 5.91 Å². The van der Waals surface area contributed by atoms with E-state index in [1.165, 1.54) is 16.4 Å². The van der Waals surface area contributed by atoms with Crippen molar-refractivity contribution in [2.45, 2.75) is 33.2 Å². The molecule has 34 heavy (non-hydrogen) atoms. The van der Waals surface area contributed by atoms with E-state index in [1.54, 1.807) is 19.4 Å². The Kier molecular flexibility index (Phi) is 6.84. The second-order valence-electron chi connectivity index (χ2n) is 8.42. The highest BCUT2D eigenvalue weighted by atomic mass is 16.2. The van der Waals surface area contributed by atoms with E-state index < -0.39 is 5.54 Å². The van der Waals surface area contributed by atoms with E-state index in [0.717, 1.165) is 37.3 Å². The van der Waals surface area contributed by atoms with Gasteiger partial charge in [-0.15, -0.1) is 0 Å². The summed E-state index contributed by atoms with van der Waals surface area (Å²) in [4.78, 5) is 26.7. The van der Waals surface area contributed by atoms with Gasteiger partial charge in [-0.25, -0.2) is 10.4 Å². The van der Waals surface area contributed by atoms with Crippen molar-refractivity contribution >= 4 is 17.3 Å². The highest BCUT2D eigenvalue weighted by molar-refractivity contribution is 5.95. The molecule has 1 aromatic heterocycles. The third-order valence-electron chi connectivity index (χ3n) is 6.75. The quantitative estimate of drug-likeness (QED) is 0.549. The molecule has 3 aromatic rings. The summed E-state index contributed by atoms with van der Waals surface area (Å²) in [5.74, 6) is -0.196. The lowest BCUT2D eigenvalue weighted by molar-refractivity contribution is 0.0596. The van der Waals surface area contributed by atoms with Gasteiger partial charge < -0.3 is 9.80 Å². The zero-order valence-corrected chi connectivity index (χ0v) is 20.7. The van der Waals surface area contributed by atoms with Crippen molar-refractivity contribution in [3.05, 3.63) is 83.4 Å².